The van der Waals surface area contributed by atoms with Gasteiger partial charge in [-0.05, 0) is 57.4 Å². The number of benzene rings is 2. The highest BCUT2D eigenvalue weighted by molar-refractivity contribution is 6.62. The quantitative estimate of drug-likeness (QED) is 0.500. The largest absolute Gasteiger partial charge is 0.494 e. The number of rotatable bonds is 6. The summed E-state index contributed by atoms with van der Waals surface area (Å²) in [6, 6.07) is 13.7. The number of halogens is 3. The maximum absolute atomic E-state index is 12.3. The molecule has 0 radical (unpaired) electrons. The van der Waals surface area contributed by atoms with Gasteiger partial charge in [0.2, 0.25) is 5.95 Å². The number of alkyl halides is 3. The fourth-order valence-electron chi connectivity index (χ4n) is 3.50. The molecule has 2 heterocycles. The highest BCUT2D eigenvalue weighted by Crippen LogP contribution is 2.36. The van der Waals surface area contributed by atoms with E-state index in [9.17, 15) is 18.0 Å². The first-order valence-electron chi connectivity index (χ1n) is 11.3. The van der Waals surface area contributed by atoms with Gasteiger partial charge in [0, 0.05) is 23.9 Å². The van der Waals surface area contributed by atoms with Gasteiger partial charge in [-0.25, -0.2) is 4.68 Å². The highest BCUT2D eigenvalue weighted by atomic mass is 19.4. The Bertz CT molecular complexity index is 1230. The molecule has 1 amide bonds. The van der Waals surface area contributed by atoms with E-state index >= 15 is 0 Å². The second-order valence-electron chi connectivity index (χ2n) is 9.59. The molecule has 2 aromatic carbocycles. The third kappa shape index (κ3) is 5.54. The number of anilines is 2. The minimum Gasteiger partial charge on any atom is -0.399 e. The van der Waals surface area contributed by atoms with E-state index in [0.29, 0.717) is 17.3 Å². The van der Waals surface area contributed by atoms with Crippen LogP contribution in [0.3, 0.4) is 0 Å². The zero-order valence-electron chi connectivity index (χ0n) is 20.6. The molecule has 0 aliphatic carbocycles. The van der Waals surface area contributed by atoms with Crippen molar-refractivity contribution in [2.75, 3.05) is 11.9 Å². The molecule has 4 rings (SSSR count). The summed E-state index contributed by atoms with van der Waals surface area (Å²) in [6.07, 6.45) is -4.47. The van der Waals surface area contributed by atoms with E-state index in [4.69, 9.17) is 9.31 Å². The number of carbonyl (C=O) groups excluding carboxylic acids is 1. The number of aryl methyl sites for hydroxylation is 1. The Kier molecular flexibility index (Phi) is 6.61. The molecular weight excluding hydrogens is 474 g/mol. The molecule has 1 saturated heterocycles. The van der Waals surface area contributed by atoms with Gasteiger partial charge in [0.15, 0.2) is 5.82 Å². The van der Waals surface area contributed by atoms with Gasteiger partial charge >= 0.3 is 13.3 Å². The number of nitrogens with one attached hydrogen (secondary N) is 2. The van der Waals surface area contributed by atoms with Crippen molar-refractivity contribution in [3.63, 3.8) is 0 Å². The van der Waals surface area contributed by atoms with Crippen molar-refractivity contribution in [2.24, 2.45) is 7.05 Å². The standard InChI is InChI=1S/C24H27BF3N5O3/c1-22(2)23(3,4)36-25(35-22)17-10-12-18(13-11-17)30-21-31-19(32-33(21)5)15-6-8-16(9-7-15)20(34)29-14-24(26,27)28/h6-13H,14H2,1-5H3,(H,29,34)(H,30,31,32). The fourth-order valence-corrected chi connectivity index (χ4v) is 3.50. The van der Waals surface area contributed by atoms with Gasteiger partial charge < -0.3 is 19.9 Å². The number of hydrogen-bond donors (Lipinski definition) is 2. The maximum atomic E-state index is 12.3. The van der Waals surface area contributed by atoms with Gasteiger partial charge in [-0.3, -0.25) is 4.79 Å². The zero-order valence-corrected chi connectivity index (χ0v) is 20.6. The number of amides is 1. The molecular formula is C24H27BF3N5O3. The lowest BCUT2D eigenvalue weighted by Gasteiger charge is -2.32. The highest BCUT2D eigenvalue weighted by Gasteiger charge is 2.51. The van der Waals surface area contributed by atoms with Crippen LogP contribution in [0.15, 0.2) is 48.5 Å². The Hall–Kier alpha value is -3.38. The van der Waals surface area contributed by atoms with Gasteiger partial charge in [0.1, 0.15) is 6.54 Å². The van der Waals surface area contributed by atoms with E-state index in [2.05, 4.69) is 15.4 Å². The normalized spacial score (nSPS) is 16.7. The van der Waals surface area contributed by atoms with Crippen LogP contribution in [0.1, 0.15) is 38.1 Å². The average Bonchev–Trinajstić information content (AvgIpc) is 3.27. The molecule has 190 valence electrons. The molecule has 1 aromatic heterocycles. The molecule has 1 aliphatic rings. The molecule has 0 bridgehead atoms. The molecule has 1 aliphatic heterocycles. The summed E-state index contributed by atoms with van der Waals surface area (Å²) in [7, 11) is 1.28. The van der Waals surface area contributed by atoms with Crippen LogP contribution in [-0.2, 0) is 16.4 Å². The molecule has 2 N–H and O–H groups in total. The predicted molar refractivity (Wildman–Crippen MR) is 130 cm³/mol. The van der Waals surface area contributed by atoms with Crippen molar-refractivity contribution in [1.29, 1.82) is 0 Å². The van der Waals surface area contributed by atoms with Crippen LogP contribution in [0.25, 0.3) is 11.4 Å². The van der Waals surface area contributed by atoms with Crippen LogP contribution in [0.5, 0.6) is 0 Å². The lowest BCUT2D eigenvalue weighted by Crippen LogP contribution is -2.41. The fraction of sp³-hybridized carbons (Fsp3) is 0.375. The topological polar surface area (TPSA) is 90.3 Å². The SMILES string of the molecule is Cn1nc(-c2ccc(C(=O)NCC(F)(F)F)cc2)nc1Nc1ccc(B2OC(C)(C)C(C)(C)O2)cc1. The van der Waals surface area contributed by atoms with Crippen molar-refractivity contribution in [2.45, 2.75) is 45.1 Å². The lowest BCUT2D eigenvalue weighted by molar-refractivity contribution is -0.123. The van der Waals surface area contributed by atoms with E-state index < -0.39 is 36.9 Å². The molecule has 0 unspecified atom stereocenters. The predicted octanol–water partition coefficient (Wildman–Crippen LogP) is 3.82. The smallest absolute Gasteiger partial charge is 0.399 e. The van der Waals surface area contributed by atoms with E-state index in [1.54, 1.807) is 23.9 Å². The summed E-state index contributed by atoms with van der Waals surface area (Å²) in [5, 5.41) is 9.44. The molecule has 3 aromatic rings. The maximum Gasteiger partial charge on any atom is 0.494 e. The first kappa shape index (κ1) is 25.7. The van der Waals surface area contributed by atoms with Crippen LogP contribution >= 0.6 is 0 Å². The molecule has 8 nitrogen and oxygen atoms in total. The van der Waals surface area contributed by atoms with Gasteiger partial charge in [-0.2, -0.15) is 18.2 Å². The molecule has 0 saturated carbocycles. The van der Waals surface area contributed by atoms with Crippen LogP contribution in [0.2, 0.25) is 0 Å². The minimum atomic E-state index is -4.47. The van der Waals surface area contributed by atoms with E-state index in [1.165, 1.54) is 12.1 Å². The first-order chi connectivity index (χ1) is 16.7. The summed E-state index contributed by atoms with van der Waals surface area (Å²) >= 11 is 0. The third-order valence-corrected chi connectivity index (χ3v) is 6.31. The first-order valence-corrected chi connectivity index (χ1v) is 11.3. The van der Waals surface area contributed by atoms with E-state index in [1.807, 2.05) is 57.3 Å². The Morgan fingerprint density at radius 2 is 1.58 bits per heavy atom. The summed E-state index contributed by atoms with van der Waals surface area (Å²) < 4.78 is 50.7. The Balaban J connectivity index is 1.42. The number of carbonyl (C=O) groups is 1. The Morgan fingerprint density at radius 1 is 1.00 bits per heavy atom. The molecule has 0 spiro atoms. The Morgan fingerprint density at radius 3 is 2.14 bits per heavy atom. The number of nitrogens with zero attached hydrogens (tertiary/aromatic N) is 3. The van der Waals surface area contributed by atoms with Gasteiger partial charge in [0.05, 0.1) is 11.2 Å². The van der Waals surface area contributed by atoms with Crippen LogP contribution in [-0.4, -0.2) is 51.7 Å². The van der Waals surface area contributed by atoms with Crippen molar-refractivity contribution < 1.29 is 27.3 Å². The molecule has 1 fully saturated rings. The lowest BCUT2D eigenvalue weighted by atomic mass is 9.79. The van der Waals surface area contributed by atoms with Crippen molar-refractivity contribution in [1.82, 2.24) is 20.1 Å². The zero-order chi connectivity index (χ0) is 26.3. The monoisotopic (exact) mass is 501 g/mol. The Labute approximate surface area is 207 Å². The molecule has 36 heavy (non-hydrogen) atoms. The second kappa shape index (κ2) is 9.25. The van der Waals surface area contributed by atoms with Crippen LogP contribution < -0.4 is 16.1 Å². The van der Waals surface area contributed by atoms with Crippen LogP contribution in [0.4, 0.5) is 24.8 Å². The average molecular weight is 501 g/mol. The summed E-state index contributed by atoms with van der Waals surface area (Å²) in [5.41, 5.74) is 1.57. The minimum absolute atomic E-state index is 0.111. The van der Waals surface area contributed by atoms with E-state index in [0.717, 1.165) is 11.2 Å². The van der Waals surface area contributed by atoms with Crippen LogP contribution in [0, 0.1) is 0 Å². The summed E-state index contributed by atoms with van der Waals surface area (Å²) in [6.45, 7) is 6.63. The van der Waals surface area contributed by atoms with Gasteiger partial charge in [0.25, 0.3) is 5.91 Å². The number of aromatic nitrogens is 3. The van der Waals surface area contributed by atoms with Crippen molar-refractivity contribution in [3.8, 4) is 11.4 Å². The summed E-state index contributed by atoms with van der Waals surface area (Å²) in [4.78, 5) is 16.4. The van der Waals surface area contributed by atoms with E-state index in [-0.39, 0.29) is 5.56 Å². The third-order valence-electron chi connectivity index (χ3n) is 6.31. The van der Waals surface area contributed by atoms with Gasteiger partial charge in [-0.1, -0.05) is 24.3 Å². The van der Waals surface area contributed by atoms with Gasteiger partial charge in [-0.15, -0.1) is 5.10 Å². The van der Waals surface area contributed by atoms with Crippen molar-refractivity contribution >= 4 is 30.1 Å². The number of hydrogen-bond acceptors (Lipinski definition) is 6. The molecule has 0 atom stereocenters. The molecule has 12 heteroatoms. The van der Waals surface area contributed by atoms with Crippen molar-refractivity contribution in [3.05, 3.63) is 54.1 Å². The second-order valence-corrected chi connectivity index (χ2v) is 9.59. The summed E-state index contributed by atoms with van der Waals surface area (Å²) in [5.74, 6) is 0.0793.